The van der Waals surface area contributed by atoms with Crippen molar-refractivity contribution in [1.82, 2.24) is 15.0 Å². The fourth-order valence-corrected chi connectivity index (χ4v) is 22.5. The smallest absolute Gasteiger partial charge is 0.217 e. The van der Waals surface area contributed by atoms with E-state index < -0.39 is 16.1 Å². The van der Waals surface area contributed by atoms with Gasteiger partial charge in [-0.1, -0.05) is 297 Å². The lowest BCUT2D eigenvalue weighted by molar-refractivity contribution is 0.759. The van der Waals surface area contributed by atoms with Crippen molar-refractivity contribution in [3.05, 3.63) is 331 Å². The van der Waals surface area contributed by atoms with Gasteiger partial charge in [0.15, 0.2) is 19.7 Å². The van der Waals surface area contributed by atoms with Crippen molar-refractivity contribution in [3.8, 4) is 33.9 Å². The Morgan fingerprint density at radius 3 is 1.12 bits per heavy atom. The molecule has 2 unspecified atom stereocenters. The van der Waals surface area contributed by atoms with Crippen LogP contribution in [0, 0.1) is 0 Å². The maximum atomic E-state index is 5.93. The molecular weight excluding hydrogens is 951 g/mol. The summed E-state index contributed by atoms with van der Waals surface area (Å²) in [4.78, 5) is 17.2. The molecule has 0 fully saturated rings. The molecule has 358 valence electrons. The molecule has 3 aliphatic carbocycles. The lowest BCUT2D eigenvalue weighted by Gasteiger charge is -2.46. The highest BCUT2D eigenvalue weighted by Crippen LogP contribution is 2.57. The second kappa shape index (κ2) is 19.0. The van der Waals surface area contributed by atoms with Crippen LogP contribution in [0.15, 0.2) is 297 Å². The molecule has 1 heterocycles. The van der Waals surface area contributed by atoms with Crippen LogP contribution in [0.25, 0.3) is 33.9 Å². The summed E-state index contributed by atoms with van der Waals surface area (Å²) >= 11 is 0. The molecule has 1 aromatic heterocycles. The zero-order valence-electron chi connectivity index (χ0n) is 41.8. The molecule has 0 N–H and O–H groups in total. The summed E-state index contributed by atoms with van der Waals surface area (Å²) in [5.74, 6) is 1.22. The zero-order chi connectivity index (χ0) is 50.5. The van der Waals surface area contributed by atoms with Gasteiger partial charge in [-0.05, 0) is 80.8 Å². The number of nitrogens with zero attached hydrogens (tertiary/aromatic N) is 3. The highest BCUT2D eigenvalue weighted by molar-refractivity contribution is 7.20. The van der Waals surface area contributed by atoms with E-state index in [0.717, 1.165) is 16.6 Å². The summed E-state index contributed by atoms with van der Waals surface area (Å²) in [6, 6.07) is 110. The van der Waals surface area contributed by atoms with Crippen LogP contribution in [0.5, 0.6) is 0 Å². The Morgan fingerprint density at radius 2 is 0.605 bits per heavy atom. The molecule has 0 spiro atoms. The van der Waals surface area contributed by atoms with Crippen LogP contribution in [0.1, 0.15) is 45.2 Å². The standard InChI is InChI=1S/C71H51N3Si2/c1-8-26-50(27-9-1)51-46-48-58(49-47-51)75(53-30-12-3-13-31-53,54-32-14-4-15-33-54)64-45-25-43-62-65-59-40-22-23-41-60(59)68(67(62)64)66-61(65)42-24-44-63(66)70-72-69(52-28-10-2-11-29-52)73-71(74-70)76(55-34-16-5-17-35-55,56-36-18-6-19-37-56)57-38-20-7-21-39-57/h1-49,65,68H. The van der Waals surface area contributed by atoms with E-state index in [4.69, 9.17) is 15.0 Å². The lowest BCUT2D eigenvalue weighted by Crippen LogP contribution is -2.76. The van der Waals surface area contributed by atoms with Gasteiger partial charge in [-0.25, -0.2) is 15.0 Å². The molecule has 12 aromatic rings. The predicted molar refractivity (Wildman–Crippen MR) is 318 cm³/mol. The van der Waals surface area contributed by atoms with Crippen molar-refractivity contribution in [2.24, 2.45) is 0 Å². The first kappa shape index (κ1) is 45.5. The van der Waals surface area contributed by atoms with E-state index in [1.165, 1.54) is 80.8 Å². The highest BCUT2D eigenvalue weighted by atomic mass is 28.3. The molecule has 11 aromatic carbocycles. The minimum atomic E-state index is -3.22. The van der Waals surface area contributed by atoms with Crippen LogP contribution < -0.4 is 41.8 Å². The number of aromatic nitrogens is 3. The van der Waals surface area contributed by atoms with Crippen molar-refractivity contribution in [1.29, 1.82) is 0 Å². The summed E-state index contributed by atoms with van der Waals surface area (Å²) in [7, 11) is -6.34. The summed E-state index contributed by atoms with van der Waals surface area (Å²) in [5.41, 5.74) is 13.3. The van der Waals surface area contributed by atoms with Crippen molar-refractivity contribution < 1.29 is 0 Å². The first-order chi connectivity index (χ1) is 37.7. The molecule has 5 heteroatoms. The van der Waals surface area contributed by atoms with E-state index in [2.05, 4.69) is 297 Å². The summed E-state index contributed by atoms with van der Waals surface area (Å²) in [5, 5.41) is 9.10. The van der Waals surface area contributed by atoms with Crippen molar-refractivity contribution in [2.75, 3.05) is 0 Å². The largest absolute Gasteiger partial charge is 0.226 e. The van der Waals surface area contributed by atoms with Gasteiger partial charge in [0.05, 0.1) is 0 Å². The van der Waals surface area contributed by atoms with E-state index in [-0.39, 0.29) is 11.8 Å². The zero-order valence-corrected chi connectivity index (χ0v) is 43.8. The molecule has 2 atom stereocenters. The Labute approximate surface area is 446 Å². The van der Waals surface area contributed by atoms with E-state index in [0.29, 0.717) is 11.6 Å². The monoisotopic (exact) mass is 1000 g/mol. The van der Waals surface area contributed by atoms with E-state index in [9.17, 15) is 0 Å². The Balaban J connectivity index is 1.06. The van der Waals surface area contributed by atoms with E-state index in [1.54, 1.807) is 0 Å². The fourth-order valence-electron chi connectivity index (χ4n) is 13.0. The molecule has 76 heavy (non-hydrogen) atoms. The van der Waals surface area contributed by atoms with Crippen molar-refractivity contribution in [3.63, 3.8) is 0 Å². The Bertz CT molecular complexity index is 3890. The van der Waals surface area contributed by atoms with Gasteiger partial charge in [-0.3, -0.25) is 0 Å². The summed E-state index contributed by atoms with van der Waals surface area (Å²) < 4.78 is 0. The molecule has 2 bridgehead atoms. The second-order valence-electron chi connectivity index (χ2n) is 20.1. The minimum absolute atomic E-state index is 0.00822. The maximum absolute atomic E-state index is 5.93. The first-order valence-corrected chi connectivity index (χ1v) is 30.3. The molecule has 3 aliphatic rings. The first-order valence-electron chi connectivity index (χ1n) is 26.3. The van der Waals surface area contributed by atoms with Gasteiger partial charge in [0.2, 0.25) is 8.07 Å². The number of benzene rings is 11. The molecule has 0 saturated heterocycles. The van der Waals surface area contributed by atoms with E-state index in [1.807, 2.05) is 0 Å². The second-order valence-corrected chi connectivity index (χ2v) is 27.5. The minimum Gasteiger partial charge on any atom is -0.217 e. The van der Waals surface area contributed by atoms with Gasteiger partial charge < -0.3 is 0 Å². The Morgan fingerprint density at radius 1 is 0.237 bits per heavy atom. The van der Waals surface area contributed by atoms with Crippen LogP contribution in [0.3, 0.4) is 0 Å². The van der Waals surface area contributed by atoms with E-state index >= 15 is 0 Å². The van der Waals surface area contributed by atoms with Crippen LogP contribution in [-0.4, -0.2) is 31.1 Å². The average Bonchev–Trinajstić information content (AvgIpc) is 3.55. The molecule has 3 nitrogen and oxygen atoms in total. The molecule has 0 amide bonds. The molecule has 15 rings (SSSR count). The van der Waals surface area contributed by atoms with Gasteiger partial charge in [0.1, 0.15) is 5.45 Å². The number of hydrogen-bond donors (Lipinski definition) is 0. The van der Waals surface area contributed by atoms with Gasteiger partial charge in [0, 0.05) is 23.0 Å². The van der Waals surface area contributed by atoms with Gasteiger partial charge in [-0.2, -0.15) is 0 Å². The van der Waals surface area contributed by atoms with Crippen LogP contribution in [-0.2, 0) is 0 Å². The highest BCUT2D eigenvalue weighted by Gasteiger charge is 2.51. The lowest BCUT2D eigenvalue weighted by atomic mass is 9.60. The third kappa shape index (κ3) is 7.19. The Kier molecular flexibility index (Phi) is 11.4. The third-order valence-corrected chi connectivity index (χ3v) is 25.5. The fraction of sp³-hybridized carbons (Fsp3) is 0.0282. The predicted octanol–water partition coefficient (Wildman–Crippen LogP) is 10.6. The van der Waals surface area contributed by atoms with Crippen molar-refractivity contribution >= 4 is 57.9 Å². The van der Waals surface area contributed by atoms with Crippen LogP contribution in [0.4, 0.5) is 0 Å². The van der Waals surface area contributed by atoms with Gasteiger partial charge in [-0.15, -0.1) is 0 Å². The SMILES string of the molecule is c1ccc(-c2ccc([Si](c3ccccc3)(c3ccccc3)c3cccc4c3C3c5ccccc5C4c4cccc(-c5nc(-c6ccccc6)nc([Si](c6ccccc6)(c6ccccc6)c6ccccc6)n5)c43)cc2)cc1. The quantitative estimate of drug-likeness (QED) is 0.0957. The molecule has 0 radical (unpaired) electrons. The molecule has 0 saturated carbocycles. The number of hydrogen-bond acceptors (Lipinski definition) is 3. The Hall–Kier alpha value is -9.14. The van der Waals surface area contributed by atoms with Gasteiger partial charge in [0.25, 0.3) is 0 Å². The van der Waals surface area contributed by atoms with Crippen LogP contribution >= 0.6 is 0 Å². The van der Waals surface area contributed by atoms with Crippen molar-refractivity contribution in [2.45, 2.75) is 11.8 Å². The average molecular weight is 1000 g/mol. The molecule has 0 aliphatic heterocycles. The van der Waals surface area contributed by atoms with Gasteiger partial charge >= 0.3 is 0 Å². The number of rotatable bonds is 11. The maximum Gasteiger partial charge on any atom is 0.226 e. The summed E-state index contributed by atoms with van der Waals surface area (Å²) in [6.07, 6.45) is 0. The molecular formula is C71H51N3Si2. The normalized spacial score (nSPS) is 14.3. The third-order valence-electron chi connectivity index (χ3n) is 16.2. The summed E-state index contributed by atoms with van der Waals surface area (Å²) in [6.45, 7) is 0. The topological polar surface area (TPSA) is 38.7 Å². The van der Waals surface area contributed by atoms with Crippen LogP contribution in [0.2, 0.25) is 0 Å².